The number of rotatable bonds is 7. The van der Waals surface area contributed by atoms with Crippen LogP contribution in [0, 0.1) is 0 Å². The van der Waals surface area contributed by atoms with Crippen LogP contribution in [0.25, 0.3) is 0 Å². The third kappa shape index (κ3) is 4.94. The summed E-state index contributed by atoms with van der Waals surface area (Å²) in [4.78, 5) is 10.7. The summed E-state index contributed by atoms with van der Waals surface area (Å²) in [7, 11) is -3.54. The van der Waals surface area contributed by atoms with Gasteiger partial charge in [0.25, 0.3) is 0 Å². The molecule has 2 N–H and O–H groups in total. The van der Waals surface area contributed by atoms with Gasteiger partial charge < -0.3 is 5.11 Å². The molecule has 0 aliphatic rings. The van der Waals surface area contributed by atoms with Gasteiger partial charge in [0.2, 0.25) is 10.0 Å². The Hall–Kier alpha value is -1.40. The molecule has 0 aromatic heterocycles. The zero-order valence-corrected chi connectivity index (χ0v) is 12.8. The van der Waals surface area contributed by atoms with Crippen LogP contribution in [0.5, 0.6) is 0 Å². The molecule has 5 nitrogen and oxygen atoms in total. The van der Waals surface area contributed by atoms with Crippen molar-refractivity contribution in [3.63, 3.8) is 0 Å². The Morgan fingerprint density at radius 1 is 1.25 bits per heavy atom. The van der Waals surface area contributed by atoms with Gasteiger partial charge in [0.05, 0.1) is 4.90 Å². The van der Waals surface area contributed by atoms with E-state index < -0.39 is 21.5 Å². The topological polar surface area (TPSA) is 83.5 Å². The maximum absolute atomic E-state index is 12.2. The van der Waals surface area contributed by atoms with Crippen molar-refractivity contribution in [1.82, 2.24) is 4.72 Å². The molecule has 0 saturated heterocycles. The molecule has 0 spiro atoms. The number of benzene rings is 1. The molecule has 0 unspecified atom stereocenters. The summed E-state index contributed by atoms with van der Waals surface area (Å²) in [5.41, 5.74) is 0.307. The first-order valence-electron chi connectivity index (χ1n) is 6.51. The second-order valence-corrected chi connectivity index (χ2v) is 7.06. The number of aliphatic carboxylic acids is 1. The molecule has 0 radical (unpaired) electrons. The van der Waals surface area contributed by atoms with Crippen molar-refractivity contribution >= 4 is 16.0 Å². The van der Waals surface area contributed by atoms with Crippen LogP contribution in [0.15, 0.2) is 29.2 Å². The Morgan fingerprint density at radius 3 is 2.25 bits per heavy atom. The second kappa shape index (κ2) is 6.37. The van der Waals surface area contributed by atoms with Crippen molar-refractivity contribution in [2.45, 2.75) is 50.5 Å². The standard InChI is InChI=1S/C14H21NO4S/c1-4-14(2,3)15-20(18,19)12-8-5-11(6-9-12)7-10-13(16)17/h5-6,8-9,15H,4,7,10H2,1-3H3,(H,16,17). The van der Waals surface area contributed by atoms with E-state index in [4.69, 9.17) is 5.11 Å². The van der Waals surface area contributed by atoms with E-state index in [-0.39, 0.29) is 11.3 Å². The van der Waals surface area contributed by atoms with Crippen LogP contribution in [0.4, 0.5) is 0 Å². The molecule has 112 valence electrons. The molecule has 0 saturated carbocycles. The Bertz CT molecular complexity index is 561. The van der Waals surface area contributed by atoms with E-state index in [1.807, 2.05) is 20.8 Å². The highest BCUT2D eigenvalue weighted by Gasteiger charge is 2.24. The van der Waals surface area contributed by atoms with Crippen molar-refractivity contribution < 1.29 is 18.3 Å². The highest BCUT2D eigenvalue weighted by Crippen LogP contribution is 2.16. The first-order chi connectivity index (χ1) is 9.16. The number of carboxylic acids is 1. The van der Waals surface area contributed by atoms with Crippen molar-refractivity contribution in [2.24, 2.45) is 0 Å². The second-order valence-electron chi connectivity index (χ2n) is 5.38. The lowest BCUT2D eigenvalue weighted by atomic mass is 10.0. The molecule has 0 aliphatic carbocycles. The van der Waals surface area contributed by atoms with Gasteiger partial charge in [-0.05, 0) is 44.4 Å². The van der Waals surface area contributed by atoms with Crippen molar-refractivity contribution in [3.05, 3.63) is 29.8 Å². The summed E-state index contributed by atoms with van der Waals surface area (Å²) in [6.45, 7) is 5.56. The Kier molecular flexibility index (Phi) is 5.30. The van der Waals surface area contributed by atoms with E-state index in [1.54, 1.807) is 12.1 Å². The summed E-state index contributed by atoms with van der Waals surface area (Å²) < 4.78 is 27.0. The number of carbonyl (C=O) groups is 1. The smallest absolute Gasteiger partial charge is 0.303 e. The first-order valence-corrected chi connectivity index (χ1v) is 7.99. The molecule has 6 heteroatoms. The average Bonchev–Trinajstić information content (AvgIpc) is 2.35. The summed E-state index contributed by atoms with van der Waals surface area (Å²) in [6.07, 6.45) is 1.11. The molecule has 0 bridgehead atoms. The number of sulfonamides is 1. The van der Waals surface area contributed by atoms with Crippen LogP contribution in [-0.2, 0) is 21.2 Å². The number of hydrogen-bond acceptors (Lipinski definition) is 3. The zero-order valence-electron chi connectivity index (χ0n) is 12.0. The molecular formula is C14H21NO4S. The molecular weight excluding hydrogens is 278 g/mol. The molecule has 1 aromatic carbocycles. The average molecular weight is 299 g/mol. The minimum Gasteiger partial charge on any atom is -0.481 e. The first kappa shape index (κ1) is 16.7. The van der Waals surface area contributed by atoms with Crippen LogP contribution < -0.4 is 4.72 Å². The van der Waals surface area contributed by atoms with Gasteiger partial charge in [0.15, 0.2) is 0 Å². The van der Waals surface area contributed by atoms with Gasteiger partial charge >= 0.3 is 5.97 Å². The van der Waals surface area contributed by atoms with E-state index in [2.05, 4.69) is 4.72 Å². The zero-order chi connectivity index (χ0) is 15.4. The molecule has 1 rings (SSSR count). The maximum Gasteiger partial charge on any atom is 0.303 e. The van der Waals surface area contributed by atoms with Gasteiger partial charge in [-0.2, -0.15) is 0 Å². The highest BCUT2D eigenvalue weighted by atomic mass is 32.2. The van der Waals surface area contributed by atoms with Crippen LogP contribution in [0.2, 0.25) is 0 Å². The number of nitrogens with one attached hydrogen (secondary N) is 1. The molecule has 1 aromatic rings. The maximum atomic E-state index is 12.2. The highest BCUT2D eigenvalue weighted by molar-refractivity contribution is 7.89. The monoisotopic (exact) mass is 299 g/mol. The van der Waals surface area contributed by atoms with Crippen molar-refractivity contribution in [1.29, 1.82) is 0 Å². The van der Waals surface area contributed by atoms with E-state index >= 15 is 0 Å². The lowest BCUT2D eigenvalue weighted by Gasteiger charge is -2.24. The molecule has 20 heavy (non-hydrogen) atoms. The lowest BCUT2D eigenvalue weighted by Crippen LogP contribution is -2.42. The summed E-state index contributed by atoms with van der Waals surface area (Å²) in [5, 5.41) is 8.61. The van der Waals surface area contributed by atoms with Gasteiger partial charge in [-0.1, -0.05) is 19.1 Å². The Morgan fingerprint density at radius 2 is 1.80 bits per heavy atom. The van der Waals surface area contributed by atoms with Gasteiger partial charge in [0, 0.05) is 12.0 Å². The van der Waals surface area contributed by atoms with Gasteiger partial charge in [-0.25, -0.2) is 13.1 Å². The van der Waals surface area contributed by atoms with Crippen LogP contribution in [0.1, 0.15) is 39.2 Å². The van der Waals surface area contributed by atoms with E-state index in [1.165, 1.54) is 12.1 Å². The molecule has 0 atom stereocenters. The van der Waals surface area contributed by atoms with E-state index in [0.717, 1.165) is 5.56 Å². The van der Waals surface area contributed by atoms with E-state index in [9.17, 15) is 13.2 Å². The molecule has 0 amide bonds. The van der Waals surface area contributed by atoms with Gasteiger partial charge in [0.1, 0.15) is 0 Å². The summed E-state index contributed by atoms with van der Waals surface area (Å²) in [6, 6.07) is 6.31. The predicted molar refractivity (Wildman–Crippen MR) is 77.1 cm³/mol. The van der Waals surface area contributed by atoms with Crippen LogP contribution >= 0.6 is 0 Å². The van der Waals surface area contributed by atoms with Gasteiger partial charge in [-0.15, -0.1) is 0 Å². The third-order valence-corrected chi connectivity index (χ3v) is 4.87. The fraction of sp³-hybridized carbons (Fsp3) is 0.500. The summed E-state index contributed by atoms with van der Waals surface area (Å²) >= 11 is 0. The van der Waals surface area contributed by atoms with Crippen LogP contribution in [-0.4, -0.2) is 25.0 Å². The minimum atomic E-state index is -3.54. The largest absolute Gasteiger partial charge is 0.481 e. The fourth-order valence-corrected chi connectivity index (χ4v) is 3.07. The van der Waals surface area contributed by atoms with E-state index in [0.29, 0.717) is 12.8 Å². The summed E-state index contributed by atoms with van der Waals surface area (Å²) in [5.74, 6) is -0.868. The SMILES string of the molecule is CCC(C)(C)NS(=O)(=O)c1ccc(CCC(=O)O)cc1. The minimum absolute atomic E-state index is 0.0349. The predicted octanol–water partition coefficient (Wildman–Crippen LogP) is 2.17. The molecule has 0 heterocycles. The fourth-order valence-electron chi connectivity index (χ4n) is 1.58. The van der Waals surface area contributed by atoms with Gasteiger partial charge in [-0.3, -0.25) is 4.79 Å². The quantitative estimate of drug-likeness (QED) is 0.808. The molecule has 0 aliphatic heterocycles. The Balaban J connectivity index is 2.84. The molecule has 0 fully saturated rings. The Labute approximate surface area is 120 Å². The third-order valence-electron chi connectivity index (χ3n) is 3.16. The normalized spacial score (nSPS) is 12.3. The number of carboxylic acid groups (broad SMARTS) is 1. The number of hydrogen-bond donors (Lipinski definition) is 2. The lowest BCUT2D eigenvalue weighted by molar-refractivity contribution is -0.136. The van der Waals surface area contributed by atoms with Crippen molar-refractivity contribution in [2.75, 3.05) is 0 Å². The van der Waals surface area contributed by atoms with Crippen LogP contribution in [0.3, 0.4) is 0 Å². The number of aryl methyl sites for hydroxylation is 1. The van der Waals surface area contributed by atoms with Crippen molar-refractivity contribution in [3.8, 4) is 0 Å².